The Labute approximate surface area is 146 Å². The molecule has 2 aromatic rings. The van der Waals surface area contributed by atoms with Gasteiger partial charge in [-0.15, -0.1) is 0 Å². The van der Waals surface area contributed by atoms with Gasteiger partial charge >= 0.3 is 0 Å². The van der Waals surface area contributed by atoms with Crippen LogP contribution in [0.1, 0.15) is 10.4 Å². The molecule has 8 heteroatoms. The molecule has 1 aromatic carbocycles. The van der Waals surface area contributed by atoms with Crippen molar-refractivity contribution < 1.29 is 4.79 Å². The summed E-state index contributed by atoms with van der Waals surface area (Å²) < 4.78 is 2.68. The molecule has 0 saturated carbocycles. The van der Waals surface area contributed by atoms with Gasteiger partial charge in [-0.3, -0.25) is 4.79 Å². The summed E-state index contributed by atoms with van der Waals surface area (Å²) in [7, 11) is 0. The number of amides is 1. The summed E-state index contributed by atoms with van der Waals surface area (Å²) in [5.41, 5.74) is 3.47. The fourth-order valence-corrected chi connectivity index (χ4v) is 2.59. The van der Waals surface area contributed by atoms with E-state index in [0.717, 1.165) is 8.04 Å². The van der Waals surface area contributed by atoms with E-state index in [1.54, 1.807) is 12.3 Å². The Balaban J connectivity index is 2.27. The molecule has 0 aliphatic heterocycles. The second-order valence-corrected chi connectivity index (χ2v) is 6.71. The molecule has 0 fully saturated rings. The van der Waals surface area contributed by atoms with Crippen molar-refractivity contribution in [1.82, 2.24) is 4.98 Å². The number of carbonyl (C=O) groups excluding carboxylic acids is 1. The molecule has 0 aliphatic rings. The van der Waals surface area contributed by atoms with Gasteiger partial charge in [-0.1, -0.05) is 0 Å². The number of nitrogen functional groups attached to an aromatic ring is 1. The smallest absolute Gasteiger partial charge is 0.259 e. The van der Waals surface area contributed by atoms with Crippen LogP contribution in [0, 0.1) is 3.57 Å². The molecule has 2 rings (SSSR count). The lowest BCUT2D eigenvalue weighted by Crippen LogP contribution is -2.18. The first kappa shape index (κ1) is 15.7. The third-order valence-electron chi connectivity index (χ3n) is 2.41. The Morgan fingerprint density at radius 2 is 2.05 bits per heavy atom. The number of nitrogens with two attached hydrogens (primary N) is 1. The maximum absolute atomic E-state index is 12.3. The van der Waals surface area contributed by atoms with Crippen LogP contribution in [0.4, 0.5) is 11.5 Å². The van der Waals surface area contributed by atoms with Gasteiger partial charge in [0.25, 0.3) is 5.91 Å². The Morgan fingerprint density at radius 3 is 2.70 bits per heavy atom. The van der Waals surface area contributed by atoms with Crippen LogP contribution in [0.15, 0.2) is 39.4 Å². The number of halogens is 3. The average molecular weight is 512 g/mol. The molecule has 1 heterocycles. The molecule has 1 amide bonds. The number of hydrogen-bond donors (Lipinski definition) is 3. The second-order valence-electron chi connectivity index (χ2n) is 3.78. The minimum Gasteiger partial charge on any atom is -0.322 e. The maximum atomic E-state index is 12.3. The van der Waals surface area contributed by atoms with Gasteiger partial charge in [0, 0.05) is 24.4 Å². The average Bonchev–Trinajstić information content (AvgIpc) is 2.43. The SMILES string of the molecule is NNc1ncc(Br)cc1C(=O)Nc1ccc(Br)c(I)c1. The lowest BCUT2D eigenvalue weighted by Gasteiger charge is -2.10. The Hall–Kier alpha value is -0.710. The van der Waals surface area contributed by atoms with Crippen LogP contribution < -0.4 is 16.6 Å². The number of nitrogens with one attached hydrogen (secondary N) is 2. The molecule has 4 N–H and O–H groups in total. The number of hydrazine groups is 1. The van der Waals surface area contributed by atoms with Gasteiger partial charge in [0.05, 0.1) is 5.56 Å². The van der Waals surface area contributed by atoms with E-state index in [2.05, 4.69) is 70.2 Å². The van der Waals surface area contributed by atoms with Crippen molar-refractivity contribution in [1.29, 1.82) is 0 Å². The fraction of sp³-hybridized carbons (Fsp3) is 0. The van der Waals surface area contributed by atoms with Crippen LogP contribution in [-0.4, -0.2) is 10.9 Å². The van der Waals surface area contributed by atoms with E-state index in [0.29, 0.717) is 21.5 Å². The van der Waals surface area contributed by atoms with Crippen molar-refractivity contribution in [3.8, 4) is 0 Å². The van der Waals surface area contributed by atoms with E-state index >= 15 is 0 Å². The van der Waals surface area contributed by atoms with E-state index in [1.807, 2.05) is 18.2 Å². The van der Waals surface area contributed by atoms with Crippen molar-refractivity contribution in [2.24, 2.45) is 5.84 Å². The topological polar surface area (TPSA) is 80.0 Å². The molecular weight excluding hydrogens is 503 g/mol. The van der Waals surface area contributed by atoms with E-state index in [-0.39, 0.29) is 5.91 Å². The highest BCUT2D eigenvalue weighted by molar-refractivity contribution is 14.1. The van der Waals surface area contributed by atoms with Crippen molar-refractivity contribution in [3.63, 3.8) is 0 Å². The molecule has 5 nitrogen and oxygen atoms in total. The van der Waals surface area contributed by atoms with Crippen LogP contribution in [0.25, 0.3) is 0 Å². The Bertz CT molecular complexity index is 666. The summed E-state index contributed by atoms with van der Waals surface area (Å²) in [5, 5.41) is 2.81. The molecular formula is C12H9Br2IN4O. The molecule has 20 heavy (non-hydrogen) atoms. The summed E-state index contributed by atoms with van der Waals surface area (Å²) in [6.07, 6.45) is 1.56. The zero-order valence-electron chi connectivity index (χ0n) is 9.95. The largest absolute Gasteiger partial charge is 0.322 e. The van der Waals surface area contributed by atoms with E-state index in [4.69, 9.17) is 5.84 Å². The predicted molar refractivity (Wildman–Crippen MR) is 94.6 cm³/mol. The van der Waals surface area contributed by atoms with Crippen LogP contribution in [0.2, 0.25) is 0 Å². The molecule has 0 atom stereocenters. The van der Waals surface area contributed by atoms with Gasteiger partial charge in [-0.25, -0.2) is 10.8 Å². The number of benzene rings is 1. The molecule has 0 bridgehead atoms. The van der Waals surface area contributed by atoms with Crippen molar-refractivity contribution in [3.05, 3.63) is 48.5 Å². The number of pyridine rings is 1. The normalized spacial score (nSPS) is 10.2. The number of hydrogen-bond acceptors (Lipinski definition) is 4. The summed E-state index contributed by atoms with van der Waals surface area (Å²) in [5.74, 6) is 5.39. The molecule has 0 radical (unpaired) electrons. The first-order chi connectivity index (χ1) is 9.51. The maximum Gasteiger partial charge on any atom is 0.259 e. The highest BCUT2D eigenvalue weighted by Crippen LogP contribution is 2.24. The number of carbonyl (C=O) groups is 1. The van der Waals surface area contributed by atoms with E-state index in [9.17, 15) is 4.79 Å². The highest BCUT2D eigenvalue weighted by Gasteiger charge is 2.13. The van der Waals surface area contributed by atoms with Gasteiger partial charge in [-0.2, -0.15) is 0 Å². The zero-order valence-corrected chi connectivity index (χ0v) is 15.3. The third kappa shape index (κ3) is 3.68. The Morgan fingerprint density at radius 1 is 1.30 bits per heavy atom. The number of rotatable bonds is 3. The van der Waals surface area contributed by atoms with Gasteiger partial charge in [0.2, 0.25) is 0 Å². The lowest BCUT2D eigenvalue weighted by atomic mass is 10.2. The predicted octanol–water partition coefficient (Wildman–Crippen LogP) is 3.75. The van der Waals surface area contributed by atoms with Crippen molar-refractivity contribution in [2.75, 3.05) is 10.7 Å². The van der Waals surface area contributed by atoms with E-state index < -0.39 is 0 Å². The van der Waals surface area contributed by atoms with E-state index in [1.165, 1.54) is 0 Å². The van der Waals surface area contributed by atoms with Gasteiger partial charge < -0.3 is 10.7 Å². The molecule has 1 aromatic heterocycles. The molecule has 0 aliphatic carbocycles. The number of nitrogens with zero attached hydrogens (tertiary/aromatic N) is 1. The molecule has 0 spiro atoms. The number of anilines is 2. The fourth-order valence-electron chi connectivity index (χ4n) is 1.50. The van der Waals surface area contributed by atoms with Crippen molar-refractivity contribution in [2.45, 2.75) is 0 Å². The second kappa shape index (κ2) is 6.83. The highest BCUT2D eigenvalue weighted by atomic mass is 127. The van der Waals surface area contributed by atoms with Crippen LogP contribution >= 0.6 is 54.5 Å². The monoisotopic (exact) mass is 510 g/mol. The summed E-state index contributed by atoms with van der Waals surface area (Å²) in [4.78, 5) is 16.3. The third-order valence-corrected chi connectivity index (χ3v) is 5.17. The summed E-state index contributed by atoms with van der Waals surface area (Å²) >= 11 is 8.87. The quantitative estimate of drug-likeness (QED) is 0.333. The molecule has 104 valence electrons. The van der Waals surface area contributed by atoms with Crippen LogP contribution in [-0.2, 0) is 0 Å². The minimum atomic E-state index is -0.287. The Kier molecular flexibility index (Phi) is 5.35. The summed E-state index contributed by atoms with van der Waals surface area (Å²) in [6, 6.07) is 7.20. The number of aromatic nitrogens is 1. The molecule has 0 saturated heterocycles. The van der Waals surface area contributed by atoms with Gasteiger partial charge in [0.1, 0.15) is 0 Å². The van der Waals surface area contributed by atoms with Crippen LogP contribution in [0.5, 0.6) is 0 Å². The first-order valence-corrected chi connectivity index (χ1v) is 8.06. The van der Waals surface area contributed by atoms with Gasteiger partial charge in [0.15, 0.2) is 5.82 Å². The van der Waals surface area contributed by atoms with Crippen molar-refractivity contribution >= 4 is 71.9 Å². The van der Waals surface area contributed by atoms with Crippen LogP contribution in [0.3, 0.4) is 0 Å². The first-order valence-electron chi connectivity index (χ1n) is 5.40. The summed E-state index contributed by atoms with van der Waals surface area (Å²) in [6.45, 7) is 0. The lowest BCUT2D eigenvalue weighted by molar-refractivity contribution is 0.102. The minimum absolute atomic E-state index is 0.287. The standard InChI is InChI=1S/C12H9Br2IN4O/c13-6-3-8(11(19-16)17-5-6)12(20)18-7-1-2-9(14)10(15)4-7/h1-5H,16H2,(H,17,19)(H,18,20). The molecule has 0 unspecified atom stereocenters. The zero-order chi connectivity index (χ0) is 14.7. The van der Waals surface area contributed by atoms with Gasteiger partial charge in [-0.05, 0) is 78.7 Å².